The van der Waals surface area contributed by atoms with Gasteiger partial charge in [-0.25, -0.2) is 0 Å². The summed E-state index contributed by atoms with van der Waals surface area (Å²) in [6.45, 7) is 2.16. The standard InChI is InChI=1S/C7H9/c1-2-7-5-3-4-6-7/h3-4H,2,5H2,1H3. The topological polar surface area (TPSA) is 0 Å². The summed E-state index contributed by atoms with van der Waals surface area (Å²) in [4.78, 5) is 0. The van der Waals surface area contributed by atoms with Crippen LogP contribution in [0.2, 0.25) is 0 Å². The average molecular weight is 93.1 g/mol. The molecule has 0 spiro atoms. The van der Waals surface area contributed by atoms with Crippen LogP contribution in [0, 0.1) is 6.08 Å². The Balaban J connectivity index is 2.45. The van der Waals surface area contributed by atoms with E-state index in [1.54, 1.807) is 0 Å². The highest BCUT2D eigenvalue weighted by Gasteiger charge is 1.92. The van der Waals surface area contributed by atoms with E-state index in [4.69, 9.17) is 0 Å². The van der Waals surface area contributed by atoms with Crippen LogP contribution in [0.1, 0.15) is 19.8 Å². The number of rotatable bonds is 1. The summed E-state index contributed by atoms with van der Waals surface area (Å²) in [6.07, 6.45) is 9.57. The Morgan fingerprint density at radius 1 is 1.86 bits per heavy atom. The molecule has 0 heterocycles. The molecule has 0 heteroatoms. The Labute approximate surface area is 44.5 Å². The zero-order chi connectivity index (χ0) is 5.11. The fraction of sp³-hybridized carbons (Fsp3) is 0.429. The maximum absolute atomic E-state index is 3.14. The van der Waals surface area contributed by atoms with E-state index in [0.717, 1.165) is 12.8 Å². The molecule has 0 amide bonds. The highest BCUT2D eigenvalue weighted by Crippen LogP contribution is 2.11. The van der Waals surface area contributed by atoms with Crippen LogP contribution in [0.5, 0.6) is 0 Å². The average Bonchev–Trinajstić information content (AvgIpc) is 2.14. The minimum atomic E-state index is 1.14. The molecule has 1 aliphatic carbocycles. The van der Waals surface area contributed by atoms with Crippen molar-refractivity contribution in [2.45, 2.75) is 19.8 Å². The molecular formula is C7H9. The molecule has 0 bridgehead atoms. The first kappa shape index (κ1) is 4.63. The Kier molecular flexibility index (Phi) is 1.30. The third-order valence-corrected chi connectivity index (χ3v) is 1.20. The van der Waals surface area contributed by atoms with Crippen LogP contribution < -0.4 is 0 Å². The van der Waals surface area contributed by atoms with Crippen molar-refractivity contribution in [3.05, 3.63) is 23.8 Å². The van der Waals surface area contributed by atoms with Crippen molar-refractivity contribution in [1.29, 1.82) is 0 Å². The maximum atomic E-state index is 3.14. The van der Waals surface area contributed by atoms with Crippen molar-refractivity contribution < 1.29 is 0 Å². The largest absolute Gasteiger partial charge is 0.0798 e. The van der Waals surface area contributed by atoms with Gasteiger partial charge in [-0.2, -0.15) is 0 Å². The monoisotopic (exact) mass is 93.1 g/mol. The highest BCUT2D eigenvalue weighted by atomic mass is 14.0. The van der Waals surface area contributed by atoms with Crippen LogP contribution in [0.4, 0.5) is 0 Å². The van der Waals surface area contributed by atoms with Gasteiger partial charge in [0.05, 0.1) is 0 Å². The van der Waals surface area contributed by atoms with E-state index in [2.05, 4.69) is 19.1 Å². The molecule has 0 saturated heterocycles. The lowest BCUT2D eigenvalue weighted by Gasteiger charge is -1.87. The minimum absolute atomic E-state index is 1.14. The quantitative estimate of drug-likeness (QED) is 0.465. The van der Waals surface area contributed by atoms with Crippen molar-refractivity contribution in [3.8, 4) is 0 Å². The lowest BCUT2D eigenvalue weighted by atomic mass is 10.2. The molecule has 0 aliphatic heterocycles. The lowest BCUT2D eigenvalue weighted by Crippen LogP contribution is -1.69. The summed E-state index contributed by atoms with van der Waals surface area (Å²) >= 11 is 0. The van der Waals surface area contributed by atoms with Crippen LogP contribution in [0.15, 0.2) is 17.7 Å². The molecule has 1 radical (unpaired) electrons. The van der Waals surface area contributed by atoms with Crippen LogP contribution in [0.3, 0.4) is 0 Å². The second-order valence-corrected chi connectivity index (χ2v) is 1.71. The number of hydrogen-bond donors (Lipinski definition) is 0. The zero-order valence-corrected chi connectivity index (χ0v) is 4.57. The van der Waals surface area contributed by atoms with Crippen molar-refractivity contribution in [2.75, 3.05) is 0 Å². The minimum Gasteiger partial charge on any atom is -0.0798 e. The molecule has 1 rings (SSSR count). The van der Waals surface area contributed by atoms with Crippen molar-refractivity contribution in [2.24, 2.45) is 0 Å². The smallest absolute Gasteiger partial charge is 0.0126 e. The van der Waals surface area contributed by atoms with Crippen LogP contribution in [-0.2, 0) is 0 Å². The fourth-order valence-electron chi connectivity index (χ4n) is 0.683. The predicted molar refractivity (Wildman–Crippen MR) is 30.8 cm³/mol. The first-order valence-electron chi connectivity index (χ1n) is 2.69. The van der Waals surface area contributed by atoms with Gasteiger partial charge in [0.1, 0.15) is 0 Å². The molecule has 0 fully saturated rings. The Morgan fingerprint density at radius 2 is 2.71 bits per heavy atom. The molecule has 0 aromatic carbocycles. The first-order chi connectivity index (χ1) is 3.43. The molecule has 0 unspecified atom stereocenters. The Morgan fingerprint density at radius 3 is 3.00 bits per heavy atom. The third-order valence-electron chi connectivity index (χ3n) is 1.20. The summed E-state index contributed by atoms with van der Waals surface area (Å²) in [5, 5.41) is 0. The summed E-state index contributed by atoms with van der Waals surface area (Å²) < 4.78 is 0. The lowest BCUT2D eigenvalue weighted by molar-refractivity contribution is 1.04. The van der Waals surface area contributed by atoms with Gasteiger partial charge in [0.15, 0.2) is 0 Å². The highest BCUT2D eigenvalue weighted by molar-refractivity contribution is 5.16. The molecule has 37 valence electrons. The molecule has 0 N–H and O–H groups in total. The van der Waals surface area contributed by atoms with Crippen LogP contribution in [0.25, 0.3) is 0 Å². The summed E-state index contributed by atoms with van der Waals surface area (Å²) in [6, 6.07) is 0. The molecule has 0 nitrogen and oxygen atoms in total. The van der Waals surface area contributed by atoms with Gasteiger partial charge in [0.2, 0.25) is 0 Å². The van der Waals surface area contributed by atoms with Gasteiger partial charge in [-0.1, -0.05) is 24.6 Å². The fourth-order valence-corrected chi connectivity index (χ4v) is 0.683. The van der Waals surface area contributed by atoms with E-state index >= 15 is 0 Å². The Hall–Kier alpha value is -0.520. The van der Waals surface area contributed by atoms with Gasteiger partial charge in [-0.15, -0.1) is 0 Å². The number of hydrogen-bond acceptors (Lipinski definition) is 0. The van der Waals surface area contributed by atoms with Gasteiger partial charge in [-0.3, -0.25) is 0 Å². The van der Waals surface area contributed by atoms with Gasteiger partial charge in [-0.05, 0) is 18.9 Å². The van der Waals surface area contributed by atoms with Crippen LogP contribution in [-0.4, -0.2) is 0 Å². The molecule has 7 heavy (non-hydrogen) atoms. The van der Waals surface area contributed by atoms with Gasteiger partial charge < -0.3 is 0 Å². The molecule has 0 saturated carbocycles. The molecule has 0 atom stereocenters. The third kappa shape index (κ3) is 0.923. The van der Waals surface area contributed by atoms with E-state index in [1.807, 2.05) is 6.08 Å². The molecular weight excluding hydrogens is 84.1 g/mol. The summed E-state index contributed by atoms with van der Waals surface area (Å²) in [5.74, 6) is 0. The number of allylic oxidation sites excluding steroid dienone is 4. The van der Waals surface area contributed by atoms with E-state index < -0.39 is 0 Å². The van der Waals surface area contributed by atoms with Gasteiger partial charge >= 0.3 is 0 Å². The van der Waals surface area contributed by atoms with Crippen molar-refractivity contribution in [1.82, 2.24) is 0 Å². The van der Waals surface area contributed by atoms with Gasteiger partial charge in [0.25, 0.3) is 0 Å². The van der Waals surface area contributed by atoms with Crippen molar-refractivity contribution >= 4 is 0 Å². The SMILES string of the molecule is CCC1=[C]C=CC1. The summed E-state index contributed by atoms with van der Waals surface area (Å²) in [5.41, 5.74) is 1.43. The van der Waals surface area contributed by atoms with Crippen LogP contribution >= 0.6 is 0 Å². The van der Waals surface area contributed by atoms with E-state index in [9.17, 15) is 0 Å². The Bertz CT molecular complexity index is 107. The zero-order valence-electron chi connectivity index (χ0n) is 4.57. The molecule has 0 aromatic rings. The normalized spacial score (nSPS) is 17.6. The van der Waals surface area contributed by atoms with E-state index in [0.29, 0.717) is 0 Å². The maximum Gasteiger partial charge on any atom is -0.0126 e. The van der Waals surface area contributed by atoms with E-state index in [-0.39, 0.29) is 0 Å². The predicted octanol–water partition coefficient (Wildman–Crippen LogP) is 2.09. The second kappa shape index (κ2) is 1.97. The molecule has 1 aliphatic rings. The molecule has 0 aromatic heterocycles. The van der Waals surface area contributed by atoms with Crippen molar-refractivity contribution in [3.63, 3.8) is 0 Å². The summed E-state index contributed by atoms with van der Waals surface area (Å²) in [7, 11) is 0. The first-order valence-corrected chi connectivity index (χ1v) is 2.69. The van der Waals surface area contributed by atoms with E-state index in [1.165, 1.54) is 5.57 Å². The van der Waals surface area contributed by atoms with Gasteiger partial charge in [0, 0.05) is 0 Å². The second-order valence-electron chi connectivity index (χ2n) is 1.71.